The fourth-order valence-electron chi connectivity index (χ4n) is 2.39. The summed E-state index contributed by atoms with van der Waals surface area (Å²) >= 11 is 12.2. The third-order valence-corrected chi connectivity index (χ3v) is 4.49. The summed E-state index contributed by atoms with van der Waals surface area (Å²) in [6.07, 6.45) is 1.38. The van der Waals surface area contributed by atoms with Crippen LogP contribution < -0.4 is 10.7 Å². The van der Waals surface area contributed by atoms with Crippen LogP contribution in [-0.2, 0) is 4.79 Å². The quantitative estimate of drug-likeness (QED) is 0.455. The molecule has 0 aliphatic carbocycles. The minimum atomic E-state index is -0.393. The molecule has 0 radical (unpaired) electrons. The van der Waals surface area contributed by atoms with E-state index in [0.29, 0.717) is 38.4 Å². The summed E-state index contributed by atoms with van der Waals surface area (Å²) in [4.78, 5) is 23.1. The summed E-state index contributed by atoms with van der Waals surface area (Å²) < 4.78 is 5.66. The van der Waals surface area contributed by atoms with Gasteiger partial charge < -0.3 is 9.73 Å². The predicted molar refractivity (Wildman–Crippen MR) is 110 cm³/mol. The second kappa shape index (κ2) is 8.73. The van der Waals surface area contributed by atoms with Crippen LogP contribution in [0.25, 0.3) is 11.3 Å². The van der Waals surface area contributed by atoms with Gasteiger partial charge in [-0.2, -0.15) is 5.10 Å². The van der Waals surface area contributed by atoms with Gasteiger partial charge in [-0.05, 0) is 48.5 Å². The molecule has 1 heterocycles. The molecule has 3 rings (SSSR count). The number of carbonyl (C=O) groups excluding carboxylic acids is 2. The lowest BCUT2D eigenvalue weighted by atomic mass is 10.2. The first-order valence-electron chi connectivity index (χ1n) is 8.19. The molecule has 8 heteroatoms. The first kappa shape index (κ1) is 19.7. The number of nitrogens with one attached hydrogen (secondary N) is 2. The Hall–Kier alpha value is -3.09. The zero-order chi connectivity index (χ0) is 20.1. The molecule has 1 aromatic heterocycles. The first-order valence-corrected chi connectivity index (χ1v) is 8.95. The third kappa shape index (κ3) is 4.79. The van der Waals surface area contributed by atoms with Crippen molar-refractivity contribution in [2.24, 2.45) is 5.10 Å². The lowest BCUT2D eigenvalue weighted by Crippen LogP contribution is -2.17. The number of amides is 2. The van der Waals surface area contributed by atoms with E-state index in [1.165, 1.54) is 13.1 Å². The van der Waals surface area contributed by atoms with Crippen molar-refractivity contribution in [2.45, 2.75) is 6.92 Å². The molecular weight excluding hydrogens is 401 g/mol. The van der Waals surface area contributed by atoms with Gasteiger partial charge in [-0.25, -0.2) is 5.43 Å². The fourth-order valence-corrected chi connectivity index (χ4v) is 2.78. The minimum absolute atomic E-state index is 0.182. The van der Waals surface area contributed by atoms with Gasteiger partial charge in [0.25, 0.3) is 5.91 Å². The number of benzene rings is 2. The Labute approximate surface area is 171 Å². The molecule has 2 aromatic carbocycles. The maximum absolute atomic E-state index is 12.1. The average molecular weight is 416 g/mol. The Bertz CT molecular complexity index is 1040. The molecule has 142 valence electrons. The average Bonchev–Trinajstić information content (AvgIpc) is 3.12. The SMILES string of the molecule is CC(=O)Nc1ccc(C(=O)N/N=C\c2ccc(-c3cccc(Cl)c3Cl)o2)cc1. The van der Waals surface area contributed by atoms with Gasteiger partial charge in [-0.15, -0.1) is 0 Å². The van der Waals surface area contributed by atoms with Gasteiger partial charge in [0.1, 0.15) is 11.5 Å². The van der Waals surface area contributed by atoms with Gasteiger partial charge in [0.05, 0.1) is 16.3 Å². The normalized spacial score (nSPS) is 10.8. The number of hydrogen-bond donors (Lipinski definition) is 2. The Balaban J connectivity index is 1.63. The molecule has 0 fully saturated rings. The standard InChI is InChI=1S/C20H15Cl2N3O3/c1-12(26)24-14-7-5-13(6-8-14)20(27)25-23-11-15-9-10-18(28-15)16-3-2-4-17(21)19(16)22/h2-11H,1H3,(H,24,26)(H,25,27)/b23-11-. The molecule has 2 N–H and O–H groups in total. The summed E-state index contributed by atoms with van der Waals surface area (Å²) in [5.41, 5.74) is 4.08. The Morgan fingerprint density at radius 2 is 1.79 bits per heavy atom. The van der Waals surface area contributed by atoms with Gasteiger partial charge in [0, 0.05) is 23.7 Å². The Morgan fingerprint density at radius 1 is 1.04 bits per heavy atom. The topological polar surface area (TPSA) is 83.7 Å². The van der Waals surface area contributed by atoms with Crippen molar-refractivity contribution >= 4 is 46.9 Å². The number of halogens is 2. The van der Waals surface area contributed by atoms with Crippen LogP contribution in [0.2, 0.25) is 10.0 Å². The predicted octanol–water partition coefficient (Wildman–Crippen LogP) is 4.98. The summed E-state index contributed by atoms with van der Waals surface area (Å²) in [5, 5.41) is 7.35. The van der Waals surface area contributed by atoms with E-state index in [0.717, 1.165) is 0 Å². The van der Waals surface area contributed by atoms with E-state index in [2.05, 4.69) is 15.8 Å². The second-order valence-corrected chi connectivity index (χ2v) is 6.55. The fraction of sp³-hybridized carbons (Fsp3) is 0.0500. The number of furan rings is 1. The van der Waals surface area contributed by atoms with Crippen LogP contribution in [-0.4, -0.2) is 18.0 Å². The van der Waals surface area contributed by atoms with E-state index < -0.39 is 5.91 Å². The van der Waals surface area contributed by atoms with Gasteiger partial charge in [0.2, 0.25) is 5.91 Å². The van der Waals surface area contributed by atoms with Crippen LogP contribution >= 0.6 is 23.2 Å². The molecule has 28 heavy (non-hydrogen) atoms. The molecule has 0 saturated heterocycles. The molecule has 0 spiro atoms. The molecule has 3 aromatic rings. The van der Waals surface area contributed by atoms with E-state index in [9.17, 15) is 9.59 Å². The number of carbonyl (C=O) groups is 2. The number of hydrazone groups is 1. The lowest BCUT2D eigenvalue weighted by molar-refractivity contribution is -0.114. The zero-order valence-electron chi connectivity index (χ0n) is 14.7. The van der Waals surface area contributed by atoms with Crippen LogP contribution in [0.15, 0.2) is 64.1 Å². The molecule has 2 amide bonds. The smallest absolute Gasteiger partial charge is 0.271 e. The van der Waals surface area contributed by atoms with Crippen LogP contribution in [0.1, 0.15) is 23.0 Å². The van der Waals surface area contributed by atoms with Gasteiger partial charge in [-0.1, -0.05) is 29.3 Å². The van der Waals surface area contributed by atoms with Crippen molar-refractivity contribution in [3.05, 3.63) is 76.0 Å². The minimum Gasteiger partial charge on any atom is -0.455 e. The largest absolute Gasteiger partial charge is 0.455 e. The summed E-state index contributed by atoms with van der Waals surface area (Å²) in [7, 11) is 0. The van der Waals surface area contributed by atoms with Crippen molar-refractivity contribution in [3.8, 4) is 11.3 Å². The zero-order valence-corrected chi connectivity index (χ0v) is 16.2. The monoisotopic (exact) mass is 415 g/mol. The molecule has 0 atom stereocenters. The second-order valence-electron chi connectivity index (χ2n) is 5.76. The molecule has 0 saturated carbocycles. The number of rotatable bonds is 5. The highest BCUT2D eigenvalue weighted by Crippen LogP contribution is 2.34. The van der Waals surface area contributed by atoms with Crippen molar-refractivity contribution in [1.29, 1.82) is 0 Å². The van der Waals surface area contributed by atoms with Crippen molar-refractivity contribution in [3.63, 3.8) is 0 Å². The van der Waals surface area contributed by atoms with Gasteiger partial charge >= 0.3 is 0 Å². The summed E-state index contributed by atoms with van der Waals surface area (Å²) in [6.45, 7) is 1.41. The highest BCUT2D eigenvalue weighted by molar-refractivity contribution is 6.43. The van der Waals surface area contributed by atoms with Crippen molar-refractivity contribution < 1.29 is 14.0 Å². The van der Waals surface area contributed by atoms with Crippen LogP contribution in [0.5, 0.6) is 0 Å². The van der Waals surface area contributed by atoms with Crippen molar-refractivity contribution in [2.75, 3.05) is 5.32 Å². The van der Waals surface area contributed by atoms with E-state index in [1.54, 1.807) is 54.6 Å². The number of hydrogen-bond acceptors (Lipinski definition) is 4. The molecule has 0 aliphatic rings. The Kier molecular flexibility index (Phi) is 6.13. The molecule has 6 nitrogen and oxygen atoms in total. The maximum atomic E-state index is 12.1. The highest BCUT2D eigenvalue weighted by atomic mass is 35.5. The van der Waals surface area contributed by atoms with E-state index in [-0.39, 0.29) is 5.91 Å². The number of anilines is 1. The van der Waals surface area contributed by atoms with E-state index in [4.69, 9.17) is 27.6 Å². The van der Waals surface area contributed by atoms with E-state index in [1.807, 2.05) is 0 Å². The molecule has 0 aliphatic heterocycles. The summed E-state index contributed by atoms with van der Waals surface area (Å²) in [5.74, 6) is 0.398. The molecular formula is C20H15Cl2N3O3. The van der Waals surface area contributed by atoms with Crippen LogP contribution in [0, 0.1) is 0 Å². The lowest BCUT2D eigenvalue weighted by Gasteiger charge is -2.03. The molecule has 0 bridgehead atoms. The van der Waals surface area contributed by atoms with Gasteiger partial charge in [0.15, 0.2) is 0 Å². The van der Waals surface area contributed by atoms with Crippen LogP contribution in [0.3, 0.4) is 0 Å². The first-order chi connectivity index (χ1) is 13.4. The van der Waals surface area contributed by atoms with Crippen LogP contribution in [0.4, 0.5) is 5.69 Å². The van der Waals surface area contributed by atoms with Crippen molar-refractivity contribution in [1.82, 2.24) is 5.43 Å². The Morgan fingerprint density at radius 3 is 2.50 bits per heavy atom. The van der Waals surface area contributed by atoms with Gasteiger partial charge in [-0.3, -0.25) is 9.59 Å². The third-order valence-electron chi connectivity index (χ3n) is 3.67. The molecule has 0 unspecified atom stereocenters. The summed E-state index contributed by atoms with van der Waals surface area (Å²) in [6, 6.07) is 15.1. The highest BCUT2D eigenvalue weighted by Gasteiger charge is 2.10. The van der Waals surface area contributed by atoms with E-state index >= 15 is 0 Å². The number of nitrogens with zero attached hydrogens (tertiary/aromatic N) is 1. The maximum Gasteiger partial charge on any atom is 0.271 e.